The summed E-state index contributed by atoms with van der Waals surface area (Å²) in [6, 6.07) is 10.1. The first-order valence-corrected chi connectivity index (χ1v) is 6.98. The monoisotopic (exact) mass is 298 g/mol. The second-order valence-electron chi connectivity index (χ2n) is 4.92. The van der Waals surface area contributed by atoms with E-state index < -0.39 is 5.56 Å². The summed E-state index contributed by atoms with van der Waals surface area (Å²) in [5.74, 6) is -0.0181. The molecular formula is C16H11ClN2O2. The molecule has 0 saturated carbocycles. The average molecular weight is 299 g/mol. The van der Waals surface area contributed by atoms with E-state index in [1.54, 1.807) is 24.3 Å². The van der Waals surface area contributed by atoms with Gasteiger partial charge >= 0.3 is 0 Å². The Bertz CT molecular complexity index is 829. The lowest BCUT2D eigenvalue weighted by atomic mass is 9.93. The first-order chi connectivity index (χ1) is 10.1. The molecule has 1 aromatic heterocycles. The van der Waals surface area contributed by atoms with E-state index in [1.165, 1.54) is 10.6 Å². The van der Waals surface area contributed by atoms with Crippen LogP contribution in [0, 0.1) is 11.3 Å². The fourth-order valence-electron chi connectivity index (χ4n) is 2.64. The van der Waals surface area contributed by atoms with E-state index >= 15 is 0 Å². The molecule has 0 atom stereocenters. The number of hydrogen-bond acceptors (Lipinski definition) is 3. The molecular weight excluding hydrogens is 288 g/mol. The molecule has 21 heavy (non-hydrogen) atoms. The number of benzene rings is 1. The first kappa shape index (κ1) is 13.6. The van der Waals surface area contributed by atoms with E-state index in [0.717, 1.165) is 0 Å². The average Bonchev–Trinajstić information content (AvgIpc) is 2.48. The van der Waals surface area contributed by atoms with Crippen LogP contribution in [-0.4, -0.2) is 10.4 Å². The van der Waals surface area contributed by atoms with Gasteiger partial charge in [0.05, 0.1) is 0 Å². The zero-order chi connectivity index (χ0) is 15.0. The highest BCUT2D eigenvalue weighted by Crippen LogP contribution is 2.24. The van der Waals surface area contributed by atoms with Gasteiger partial charge < -0.3 is 0 Å². The summed E-state index contributed by atoms with van der Waals surface area (Å²) in [4.78, 5) is 24.5. The topological polar surface area (TPSA) is 62.9 Å². The zero-order valence-corrected chi connectivity index (χ0v) is 11.9. The molecule has 0 aliphatic heterocycles. The van der Waals surface area contributed by atoms with Crippen molar-refractivity contribution in [3.05, 3.63) is 62.5 Å². The Labute approximate surface area is 126 Å². The van der Waals surface area contributed by atoms with Gasteiger partial charge in [-0.15, -0.1) is 0 Å². The summed E-state index contributed by atoms with van der Waals surface area (Å²) in [6.45, 7) is 0. The van der Waals surface area contributed by atoms with E-state index in [-0.39, 0.29) is 11.3 Å². The Morgan fingerprint density at radius 1 is 1.14 bits per heavy atom. The van der Waals surface area contributed by atoms with Crippen molar-refractivity contribution in [2.45, 2.75) is 19.3 Å². The van der Waals surface area contributed by atoms with Crippen molar-refractivity contribution in [2.24, 2.45) is 0 Å². The van der Waals surface area contributed by atoms with Gasteiger partial charge in [0.2, 0.25) is 0 Å². The summed E-state index contributed by atoms with van der Waals surface area (Å²) in [5.41, 5.74) is 1.37. The molecule has 1 aromatic carbocycles. The largest absolute Gasteiger partial charge is 0.294 e. The fraction of sp³-hybridized carbons (Fsp3) is 0.188. The number of nitriles is 1. The van der Waals surface area contributed by atoms with Crippen LogP contribution in [-0.2, 0) is 6.42 Å². The summed E-state index contributed by atoms with van der Waals surface area (Å²) in [7, 11) is 0. The molecule has 0 radical (unpaired) electrons. The molecule has 1 heterocycles. The molecule has 104 valence electrons. The van der Waals surface area contributed by atoms with Gasteiger partial charge in [0, 0.05) is 28.4 Å². The molecule has 1 aliphatic carbocycles. The van der Waals surface area contributed by atoms with Gasteiger partial charge in [0.15, 0.2) is 5.78 Å². The number of halogens is 1. The predicted octanol–water partition coefficient (Wildman–Crippen LogP) is 2.88. The maximum Gasteiger partial charge on any atom is 0.273 e. The van der Waals surface area contributed by atoms with Gasteiger partial charge in [-0.25, -0.2) is 0 Å². The summed E-state index contributed by atoms with van der Waals surface area (Å²) >= 11 is 5.87. The van der Waals surface area contributed by atoms with Gasteiger partial charge in [-0.05, 0) is 43.2 Å². The minimum atomic E-state index is -0.395. The molecule has 0 saturated heterocycles. The van der Waals surface area contributed by atoms with Gasteiger partial charge in [0.25, 0.3) is 5.56 Å². The molecule has 0 N–H and O–H groups in total. The fourth-order valence-corrected chi connectivity index (χ4v) is 2.76. The zero-order valence-electron chi connectivity index (χ0n) is 11.1. The molecule has 3 rings (SSSR count). The van der Waals surface area contributed by atoms with Crippen LogP contribution < -0.4 is 5.56 Å². The van der Waals surface area contributed by atoms with Crippen LogP contribution in [0.5, 0.6) is 0 Å². The number of pyridine rings is 1. The van der Waals surface area contributed by atoms with Crippen LogP contribution in [0.2, 0.25) is 5.02 Å². The molecule has 0 spiro atoms. The van der Waals surface area contributed by atoms with E-state index in [0.29, 0.717) is 41.2 Å². The number of fused-ring (bicyclic) bond motifs is 1. The third-order valence-corrected chi connectivity index (χ3v) is 3.88. The number of rotatable bonds is 1. The van der Waals surface area contributed by atoms with Crippen molar-refractivity contribution < 1.29 is 4.79 Å². The van der Waals surface area contributed by atoms with E-state index in [4.69, 9.17) is 16.9 Å². The minimum Gasteiger partial charge on any atom is -0.294 e. The van der Waals surface area contributed by atoms with Crippen LogP contribution in [0.4, 0.5) is 0 Å². The van der Waals surface area contributed by atoms with Crippen molar-refractivity contribution in [3.63, 3.8) is 0 Å². The van der Waals surface area contributed by atoms with Crippen LogP contribution in [0.1, 0.15) is 34.5 Å². The highest BCUT2D eigenvalue weighted by molar-refractivity contribution is 6.30. The van der Waals surface area contributed by atoms with Crippen molar-refractivity contribution >= 4 is 17.4 Å². The van der Waals surface area contributed by atoms with Gasteiger partial charge in [0.1, 0.15) is 11.6 Å². The second kappa shape index (κ2) is 5.19. The van der Waals surface area contributed by atoms with Crippen molar-refractivity contribution in [2.75, 3.05) is 0 Å². The van der Waals surface area contributed by atoms with Gasteiger partial charge in [-0.1, -0.05) is 11.6 Å². The third-order valence-electron chi connectivity index (χ3n) is 3.63. The smallest absolute Gasteiger partial charge is 0.273 e. The van der Waals surface area contributed by atoms with Crippen molar-refractivity contribution in [3.8, 4) is 11.8 Å². The maximum atomic E-state index is 12.5. The van der Waals surface area contributed by atoms with E-state index in [1.807, 2.05) is 6.07 Å². The number of carbonyl (C=O) groups excluding carboxylic acids is 1. The highest BCUT2D eigenvalue weighted by Gasteiger charge is 2.23. The molecule has 4 nitrogen and oxygen atoms in total. The normalized spacial score (nSPS) is 13.6. The Morgan fingerprint density at radius 3 is 2.52 bits per heavy atom. The number of aromatic nitrogens is 1. The van der Waals surface area contributed by atoms with E-state index in [9.17, 15) is 9.59 Å². The van der Waals surface area contributed by atoms with Crippen LogP contribution in [0.25, 0.3) is 5.69 Å². The molecule has 0 unspecified atom stereocenters. The Kier molecular flexibility index (Phi) is 3.36. The maximum absolute atomic E-state index is 12.5. The minimum absolute atomic E-state index is 0.0149. The van der Waals surface area contributed by atoms with Crippen molar-refractivity contribution in [1.29, 1.82) is 5.26 Å². The highest BCUT2D eigenvalue weighted by atomic mass is 35.5. The van der Waals surface area contributed by atoms with Crippen LogP contribution in [0.15, 0.2) is 35.1 Å². The number of hydrogen-bond donors (Lipinski definition) is 0. The third kappa shape index (κ3) is 2.26. The van der Waals surface area contributed by atoms with E-state index in [2.05, 4.69) is 0 Å². The standard InChI is InChI=1S/C16H11ClN2O2/c17-11-4-6-12(7-5-11)19-14-2-1-3-15(20)13(14)8-10(9-18)16(19)21/h4-8H,1-3H2. The van der Waals surface area contributed by atoms with Crippen LogP contribution >= 0.6 is 11.6 Å². The predicted molar refractivity (Wildman–Crippen MR) is 79.0 cm³/mol. The SMILES string of the molecule is N#Cc1cc2c(n(-c3ccc(Cl)cc3)c1=O)CCCC2=O. The quantitative estimate of drug-likeness (QED) is 0.813. The van der Waals surface area contributed by atoms with Crippen LogP contribution in [0.3, 0.4) is 0 Å². The molecule has 2 aromatic rings. The molecule has 1 aliphatic rings. The number of carbonyl (C=O) groups is 1. The Balaban J connectivity index is 2.35. The second-order valence-corrected chi connectivity index (χ2v) is 5.36. The lowest BCUT2D eigenvalue weighted by Crippen LogP contribution is -2.29. The number of nitrogens with zero attached hydrogens (tertiary/aromatic N) is 2. The van der Waals surface area contributed by atoms with Gasteiger partial charge in [-0.2, -0.15) is 5.26 Å². The Morgan fingerprint density at radius 2 is 1.86 bits per heavy atom. The molecule has 5 heteroatoms. The summed E-state index contributed by atoms with van der Waals surface area (Å²) in [5, 5.41) is 9.69. The lowest BCUT2D eigenvalue weighted by molar-refractivity contribution is 0.0971. The molecule has 0 fully saturated rings. The number of ketones is 1. The Hall–Kier alpha value is -2.38. The summed E-state index contributed by atoms with van der Waals surface area (Å²) < 4.78 is 1.46. The lowest BCUT2D eigenvalue weighted by Gasteiger charge is -2.20. The van der Waals surface area contributed by atoms with Gasteiger partial charge in [-0.3, -0.25) is 14.2 Å². The molecule has 0 amide bonds. The summed E-state index contributed by atoms with van der Waals surface area (Å²) in [6.07, 6.45) is 1.81. The first-order valence-electron chi connectivity index (χ1n) is 6.60. The number of Topliss-reactive ketones (excluding diaryl/α,β-unsaturated/α-hetero) is 1. The molecule has 0 bridgehead atoms. The van der Waals surface area contributed by atoms with Crippen molar-refractivity contribution in [1.82, 2.24) is 4.57 Å².